The minimum absolute atomic E-state index is 0.0342. The van der Waals surface area contributed by atoms with Crippen molar-refractivity contribution in [2.45, 2.75) is 6.54 Å². The molecule has 0 fully saturated rings. The molecule has 0 N–H and O–H groups in total. The molecule has 0 bridgehead atoms. The van der Waals surface area contributed by atoms with Gasteiger partial charge < -0.3 is 0 Å². The molecule has 0 aliphatic heterocycles. The summed E-state index contributed by atoms with van der Waals surface area (Å²) in [6, 6.07) is 17.2. The Morgan fingerprint density at radius 2 is 1.75 bits per heavy atom. The Morgan fingerprint density at radius 3 is 2.33 bits per heavy atom. The van der Waals surface area contributed by atoms with E-state index in [1.165, 1.54) is 24.3 Å². The van der Waals surface area contributed by atoms with E-state index in [0.717, 1.165) is 11.3 Å². The molecule has 0 aliphatic carbocycles. The molecular weight excluding hydrogens is 306 g/mol. The highest BCUT2D eigenvalue weighted by atomic mass is 16.6. The first kappa shape index (κ1) is 15.5. The van der Waals surface area contributed by atoms with E-state index >= 15 is 0 Å². The molecule has 0 saturated heterocycles. The van der Waals surface area contributed by atoms with E-state index < -0.39 is 4.92 Å². The van der Waals surface area contributed by atoms with Gasteiger partial charge >= 0.3 is 0 Å². The van der Waals surface area contributed by atoms with Gasteiger partial charge in [0.05, 0.1) is 11.1 Å². The van der Waals surface area contributed by atoms with Crippen LogP contribution in [0.4, 0.5) is 5.69 Å². The van der Waals surface area contributed by atoms with Gasteiger partial charge in [-0.3, -0.25) is 14.9 Å². The highest BCUT2D eigenvalue weighted by Crippen LogP contribution is 2.14. The van der Waals surface area contributed by atoms with Crippen molar-refractivity contribution >= 4 is 11.5 Å². The smallest absolute Gasteiger partial charge is 0.287 e. The van der Waals surface area contributed by atoms with E-state index in [2.05, 4.69) is 4.98 Å². The lowest BCUT2D eigenvalue weighted by atomic mass is 10.1. The molecule has 0 saturated carbocycles. The molecule has 0 amide bonds. The summed E-state index contributed by atoms with van der Waals surface area (Å²) in [5.41, 5.74) is 2.23. The molecule has 24 heavy (non-hydrogen) atoms. The number of benzene rings is 2. The minimum atomic E-state index is -0.491. The zero-order valence-corrected chi connectivity index (χ0v) is 12.7. The summed E-state index contributed by atoms with van der Waals surface area (Å²) in [5, 5.41) is 10.6. The van der Waals surface area contributed by atoms with Crippen molar-refractivity contribution in [3.8, 4) is 11.3 Å². The van der Waals surface area contributed by atoms with E-state index in [1.54, 1.807) is 17.1 Å². The molecule has 3 aromatic rings. The van der Waals surface area contributed by atoms with Gasteiger partial charge in [-0.2, -0.15) is 0 Å². The molecule has 0 unspecified atom stereocenters. The average molecular weight is 320 g/mol. The van der Waals surface area contributed by atoms with Gasteiger partial charge in [0.15, 0.2) is 12.2 Å². The number of nitrogens with zero attached hydrogens (tertiary/aromatic N) is 3. The Kier molecular flexibility index (Phi) is 4.38. The number of aromatic nitrogens is 2. The summed E-state index contributed by atoms with van der Waals surface area (Å²) >= 11 is 0. The van der Waals surface area contributed by atoms with Gasteiger partial charge in [-0.15, -0.1) is 0 Å². The average Bonchev–Trinajstić information content (AvgIpc) is 2.63. The third-order valence-corrected chi connectivity index (χ3v) is 3.56. The zero-order valence-electron chi connectivity index (χ0n) is 12.7. The third kappa shape index (κ3) is 3.49. The Morgan fingerprint density at radius 1 is 1.04 bits per heavy atom. The van der Waals surface area contributed by atoms with E-state index in [0.29, 0.717) is 5.56 Å². The second-order valence-electron chi connectivity index (χ2n) is 5.21. The lowest BCUT2D eigenvalue weighted by Gasteiger charge is -2.01. The van der Waals surface area contributed by atoms with Crippen LogP contribution in [0.2, 0.25) is 0 Å². The molecule has 0 spiro atoms. The van der Waals surface area contributed by atoms with Crippen LogP contribution in [-0.4, -0.2) is 15.7 Å². The maximum Gasteiger partial charge on any atom is 0.287 e. The lowest BCUT2D eigenvalue weighted by molar-refractivity contribution is -0.686. The number of hydrogen-bond donors (Lipinski definition) is 0. The van der Waals surface area contributed by atoms with Crippen LogP contribution >= 0.6 is 0 Å². The van der Waals surface area contributed by atoms with Gasteiger partial charge in [0.2, 0.25) is 5.78 Å². The van der Waals surface area contributed by atoms with Gasteiger partial charge in [-0.05, 0) is 17.1 Å². The molecule has 2 aromatic carbocycles. The summed E-state index contributed by atoms with van der Waals surface area (Å²) in [6.45, 7) is 0.125. The standard InChI is InChI=1S/C18H14N3O3/c22-18(15-6-8-16(9-7-15)21(23)24)12-20-11-10-17(19-13-20)14-4-2-1-3-5-14/h1-11,13H,12H2/q+1. The van der Waals surface area contributed by atoms with Gasteiger partial charge in [0.25, 0.3) is 12.0 Å². The Balaban J connectivity index is 1.71. The summed E-state index contributed by atoms with van der Waals surface area (Å²) < 4.78 is 1.68. The first-order valence-corrected chi connectivity index (χ1v) is 7.31. The third-order valence-electron chi connectivity index (χ3n) is 3.56. The van der Waals surface area contributed by atoms with Crippen LogP contribution in [0.1, 0.15) is 10.4 Å². The normalized spacial score (nSPS) is 10.3. The number of carbonyl (C=O) groups is 1. The predicted molar refractivity (Wildman–Crippen MR) is 87.3 cm³/mol. The minimum Gasteiger partial charge on any atom is -0.290 e. The Labute approximate surface area is 138 Å². The van der Waals surface area contributed by atoms with Gasteiger partial charge in [0, 0.05) is 29.3 Å². The van der Waals surface area contributed by atoms with Crippen LogP contribution in [0.15, 0.2) is 73.2 Å². The first-order valence-electron chi connectivity index (χ1n) is 7.31. The predicted octanol–water partition coefficient (Wildman–Crippen LogP) is 2.83. The number of nitro groups is 1. The van der Waals surface area contributed by atoms with Crippen LogP contribution < -0.4 is 4.57 Å². The zero-order chi connectivity index (χ0) is 16.9. The van der Waals surface area contributed by atoms with Crippen molar-refractivity contribution in [1.29, 1.82) is 0 Å². The van der Waals surface area contributed by atoms with E-state index in [-0.39, 0.29) is 18.0 Å². The van der Waals surface area contributed by atoms with E-state index in [9.17, 15) is 14.9 Å². The van der Waals surface area contributed by atoms with Crippen molar-refractivity contribution in [2.24, 2.45) is 0 Å². The quantitative estimate of drug-likeness (QED) is 0.313. The number of hydrogen-bond acceptors (Lipinski definition) is 4. The number of rotatable bonds is 5. The van der Waals surface area contributed by atoms with Crippen molar-refractivity contribution < 1.29 is 14.3 Å². The number of non-ortho nitro benzene ring substituents is 1. The van der Waals surface area contributed by atoms with Crippen molar-refractivity contribution in [3.63, 3.8) is 0 Å². The SMILES string of the molecule is O=C(C[n+]1ccc(-c2ccccc2)nc1)c1ccc([N+](=O)[O-])cc1. The van der Waals surface area contributed by atoms with Crippen LogP contribution in [0.3, 0.4) is 0 Å². The Bertz CT molecular complexity index is 860. The maximum absolute atomic E-state index is 12.2. The number of ketones is 1. The van der Waals surface area contributed by atoms with Gasteiger partial charge in [-0.25, -0.2) is 4.57 Å². The Hall–Kier alpha value is -3.41. The fourth-order valence-corrected chi connectivity index (χ4v) is 2.28. The molecule has 0 atom stereocenters. The second-order valence-corrected chi connectivity index (χ2v) is 5.21. The number of Topliss-reactive ketones (excluding diaryl/α,β-unsaturated/α-hetero) is 1. The lowest BCUT2D eigenvalue weighted by Crippen LogP contribution is -2.37. The second kappa shape index (κ2) is 6.78. The highest BCUT2D eigenvalue weighted by Gasteiger charge is 2.13. The van der Waals surface area contributed by atoms with Crippen molar-refractivity contribution in [1.82, 2.24) is 4.98 Å². The summed E-state index contributed by atoms with van der Waals surface area (Å²) in [6.07, 6.45) is 3.39. The maximum atomic E-state index is 12.2. The summed E-state index contributed by atoms with van der Waals surface area (Å²) in [7, 11) is 0. The van der Waals surface area contributed by atoms with Gasteiger partial charge in [-0.1, -0.05) is 30.3 Å². The van der Waals surface area contributed by atoms with Crippen LogP contribution in [0, 0.1) is 10.1 Å². The van der Waals surface area contributed by atoms with Crippen molar-refractivity contribution in [3.05, 3.63) is 88.9 Å². The van der Waals surface area contributed by atoms with Crippen LogP contribution in [0.5, 0.6) is 0 Å². The molecule has 0 aliphatic rings. The first-order chi connectivity index (χ1) is 11.6. The van der Waals surface area contributed by atoms with Crippen molar-refractivity contribution in [2.75, 3.05) is 0 Å². The molecule has 1 heterocycles. The molecule has 0 radical (unpaired) electrons. The van der Waals surface area contributed by atoms with E-state index in [1.807, 2.05) is 36.4 Å². The topological polar surface area (TPSA) is 77.0 Å². The van der Waals surface area contributed by atoms with E-state index in [4.69, 9.17) is 0 Å². The summed E-state index contributed by atoms with van der Waals surface area (Å²) in [5.74, 6) is -0.135. The number of nitro benzene ring substituents is 1. The fourth-order valence-electron chi connectivity index (χ4n) is 2.28. The molecule has 3 rings (SSSR count). The van der Waals surface area contributed by atoms with Crippen LogP contribution in [0.25, 0.3) is 11.3 Å². The molecule has 118 valence electrons. The monoisotopic (exact) mass is 320 g/mol. The molecule has 1 aromatic heterocycles. The molecular formula is C18H14N3O3+. The molecule has 6 heteroatoms. The largest absolute Gasteiger partial charge is 0.290 e. The summed E-state index contributed by atoms with van der Waals surface area (Å²) in [4.78, 5) is 26.7. The van der Waals surface area contributed by atoms with Gasteiger partial charge in [0.1, 0.15) is 0 Å². The fraction of sp³-hybridized carbons (Fsp3) is 0.0556. The molecule has 6 nitrogen and oxygen atoms in total. The number of carbonyl (C=O) groups excluding carboxylic acids is 1. The van der Waals surface area contributed by atoms with Crippen LogP contribution in [-0.2, 0) is 6.54 Å². The highest BCUT2D eigenvalue weighted by molar-refractivity contribution is 5.95.